The molecule has 0 amide bonds. The first-order valence-corrected chi connectivity index (χ1v) is 5.99. The maximum Gasteiger partial charge on any atom is 0.0943 e. The molecule has 0 atom stereocenters. The second-order valence-electron chi connectivity index (χ2n) is 3.74. The molecule has 0 aliphatic heterocycles. The Morgan fingerprint density at radius 1 is 1.12 bits per heavy atom. The lowest BCUT2D eigenvalue weighted by atomic mass is 10.3. The standard InChI is InChI=1S/C10H15N.C4H6N2/c1-3-11(4-2)10-8-6-5-7-9-10;1-6-3-2-5-4-6/h5-9H,3-4H2,1-2H3;2-4H,1H3. The predicted octanol–water partition coefficient (Wildman–Crippen LogP) is 2.95. The molecular formula is C14H21N3. The van der Waals surface area contributed by atoms with E-state index < -0.39 is 0 Å². The van der Waals surface area contributed by atoms with Crippen LogP contribution in [0.2, 0.25) is 0 Å². The number of para-hydroxylation sites is 1. The molecule has 3 heteroatoms. The van der Waals surface area contributed by atoms with Crippen molar-refractivity contribution in [1.29, 1.82) is 0 Å². The van der Waals surface area contributed by atoms with E-state index in [2.05, 4.69) is 48.0 Å². The van der Waals surface area contributed by atoms with Crippen molar-refractivity contribution in [3.63, 3.8) is 0 Å². The molecule has 2 aromatic rings. The molecule has 1 aromatic carbocycles. The molecule has 0 fully saturated rings. The van der Waals surface area contributed by atoms with Crippen LogP contribution in [0.15, 0.2) is 49.1 Å². The van der Waals surface area contributed by atoms with Crippen molar-refractivity contribution < 1.29 is 0 Å². The minimum Gasteiger partial charge on any atom is -0.372 e. The zero-order valence-electron chi connectivity index (χ0n) is 10.9. The number of rotatable bonds is 3. The summed E-state index contributed by atoms with van der Waals surface area (Å²) in [7, 11) is 1.94. The van der Waals surface area contributed by atoms with Gasteiger partial charge in [-0.3, -0.25) is 0 Å². The van der Waals surface area contributed by atoms with Crippen LogP contribution < -0.4 is 4.90 Å². The number of aryl methyl sites for hydroxylation is 1. The monoisotopic (exact) mass is 231 g/mol. The first kappa shape index (κ1) is 13.3. The molecule has 0 aliphatic rings. The van der Waals surface area contributed by atoms with Crippen LogP contribution in [0.1, 0.15) is 13.8 Å². The van der Waals surface area contributed by atoms with Gasteiger partial charge in [-0.2, -0.15) is 0 Å². The molecule has 0 saturated heterocycles. The second kappa shape index (κ2) is 7.49. The van der Waals surface area contributed by atoms with E-state index in [0.29, 0.717) is 0 Å². The Labute approximate surface area is 104 Å². The summed E-state index contributed by atoms with van der Waals surface area (Å²) in [6, 6.07) is 10.5. The lowest BCUT2D eigenvalue weighted by molar-refractivity contribution is 0.866. The normalized spacial score (nSPS) is 9.35. The number of aromatic nitrogens is 2. The quantitative estimate of drug-likeness (QED) is 0.809. The number of benzene rings is 1. The second-order valence-corrected chi connectivity index (χ2v) is 3.74. The number of hydrogen-bond donors (Lipinski definition) is 0. The first-order valence-electron chi connectivity index (χ1n) is 5.99. The van der Waals surface area contributed by atoms with Crippen molar-refractivity contribution in [3.8, 4) is 0 Å². The Kier molecular flexibility index (Phi) is 5.86. The van der Waals surface area contributed by atoms with Gasteiger partial charge in [0.15, 0.2) is 0 Å². The molecule has 1 aromatic heterocycles. The molecule has 1 heterocycles. The fourth-order valence-corrected chi connectivity index (χ4v) is 1.55. The number of nitrogens with zero attached hydrogens (tertiary/aromatic N) is 3. The van der Waals surface area contributed by atoms with Crippen LogP contribution in [0.25, 0.3) is 0 Å². The van der Waals surface area contributed by atoms with E-state index in [9.17, 15) is 0 Å². The van der Waals surface area contributed by atoms with Crippen molar-refractivity contribution in [2.75, 3.05) is 18.0 Å². The minimum absolute atomic E-state index is 1.08. The average Bonchev–Trinajstić information content (AvgIpc) is 2.84. The van der Waals surface area contributed by atoms with E-state index >= 15 is 0 Å². The highest BCUT2D eigenvalue weighted by Crippen LogP contribution is 2.11. The largest absolute Gasteiger partial charge is 0.372 e. The van der Waals surface area contributed by atoms with Gasteiger partial charge in [-0.15, -0.1) is 0 Å². The molecule has 0 spiro atoms. The van der Waals surface area contributed by atoms with Gasteiger partial charge >= 0.3 is 0 Å². The Hall–Kier alpha value is -1.77. The Balaban J connectivity index is 0.000000202. The number of anilines is 1. The van der Waals surface area contributed by atoms with E-state index in [0.717, 1.165) is 13.1 Å². The summed E-state index contributed by atoms with van der Waals surface area (Å²) in [5, 5.41) is 0. The van der Waals surface area contributed by atoms with Gasteiger partial charge in [0.05, 0.1) is 6.33 Å². The Bertz CT molecular complexity index is 377. The van der Waals surface area contributed by atoms with Crippen molar-refractivity contribution in [2.24, 2.45) is 7.05 Å². The fourth-order valence-electron chi connectivity index (χ4n) is 1.55. The van der Waals surface area contributed by atoms with Crippen molar-refractivity contribution in [2.45, 2.75) is 13.8 Å². The lowest BCUT2D eigenvalue weighted by Crippen LogP contribution is -2.21. The molecule has 2 rings (SSSR count). The van der Waals surface area contributed by atoms with Gasteiger partial charge in [-0.05, 0) is 26.0 Å². The molecule has 0 N–H and O–H groups in total. The molecule has 17 heavy (non-hydrogen) atoms. The summed E-state index contributed by atoms with van der Waals surface area (Å²) in [6.07, 6.45) is 5.39. The summed E-state index contributed by atoms with van der Waals surface area (Å²) < 4.78 is 1.89. The predicted molar refractivity (Wildman–Crippen MR) is 73.2 cm³/mol. The van der Waals surface area contributed by atoms with Crippen LogP contribution in [-0.2, 0) is 7.05 Å². The van der Waals surface area contributed by atoms with Crippen LogP contribution in [0.3, 0.4) is 0 Å². The van der Waals surface area contributed by atoms with Crippen LogP contribution in [0.5, 0.6) is 0 Å². The molecule has 0 bridgehead atoms. The molecular weight excluding hydrogens is 210 g/mol. The van der Waals surface area contributed by atoms with Crippen molar-refractivity contribution in [1.82, 2.24) is 9.55 Å². The average molecular weight is 231 g/mol. The molecule has 92 valence electrons. The summed E-state index contributed by atoms with van der Waals surface area (Å²) in [5.74, 6) is 0. The molecule has 0 unspecified atom stereocenters. The number of imidazole rings is 1. The van der Waals surface area contributed by atoms with Gasteiger partial charge in [0.25, 0.3) is 0 Å². The summed E-state index contributed by atoms with van der Waals surface area (Å²) in [6.45, 7) is 6.52. The number of hydrogen-bond acceptors (Lipinski definition) is 2. The van der Waals surface area contributed by atoms with E-state index in [1.54, 1.807) is 12.5 Å². The van der Waals surface area contributed by atoms with Gasteiger partial charge in [0, 0.05) is 38.2 Å². The third-order valence-electron chi connectivity index (χ3n) is 2.52. The third-order valence-corrected chi connectivity index (χ3v) is 2.52. The zero-order valence-corrected chi connectivity index (χ0v) is 10.9. The van der Waals surface area contributed by atoms with Gasteiger partial charge in [-0.25, -0.2) is 4.98 Å². The first-order chi connectivity index (χ1) is 8.27. The summed E-state index contributed by atoms with van der Waals surface area (Å²) in [4.78, 5) is 6.12. The highest BCUT2D eigenvalue weighted by Gasteiger charge is 1.97. The SMILES string of the molecule is CCN(CC)c1ccccc1.Cn1ccnc1. The van der Waals surface area contributed by atoms with E-state index in [1.807, 2.05) is 23.9 Å². The molecule has 0 saturated carbocycles. The smallest absolute Gasteiger partial charge is 0.0943 e. The maximum atomic E-state index is 3.78. The third kappa shape index (κ3) is 4.72. The van der Waals surface area contributed by atoms with Gasteiger partial charge in [-0.1, -0.05) is 18.2 Å². The van der Waals surface area contributed by atoms with E-state index in [1.165, 1.54) is 5.69 Å². The minimum atomic E-state index is 1.08. The molecule has 0 radical (unpaired) electrons. The Morgan fingerprint density at radius 2 is 1.76 bits per heavy atom. The maximum absolute atomic E-state index is 3.78. The van der Waals surface area contributed by atoms with Crippen molar-refractivity contribution >= 4 is 5.69 Å². The Morgan fingerprint density at radius 3 is 2.12 bits per heavy atom. The lowest BCUT2D eigenvalue weighted by Gasteiger charge is -2.20. The highest BCUT2D eigenvalue weighted by atomic mass is 15.1. The van der Waals surface area contributed by atoms with Gasteiger partial charge in [0.1, 0.15) is 0 Å². The van der Waals surface area contributed by atoms with E-state index in [-0.39, 0.29) is 0 Å². The highest BCUT2D eigenvalue weighted by molar-refractivity contribution is 5.45. The summed E-state index contributed by atoms with van der Waals surface area (Å²) in [5.41, 5.74) is 1.32. The van der Waals surface area contributed by atoms with Crippen LogP contribution in [-0.4, -0.2) is 22.6 Å². The van der Waals surface area contributed by atoms with Crippen LogP contribution >= 0.6 is 0 Å². The van der Waals surface area contributed by atoms with Crippen LogP contribution in [0.4, 0.5) is 5.69 Å². The van der Waals surface area contributed by atoms with Gasteiger partial charge in [0.2, 0.25) is 0 Å². The van der Waals surface area contributed by atoms with Crippen LogP contribution in [0, 0.1) is 0 Å². The topological polar surface area (TPSA) is 21.1 Å². The van der Waals surface area contributed by atoms with Gasteiger partial charge < -0.3 is 9.47 Å². The fraction of sp³-hybridized carbons (Fsp3) is 0.357. The molecule has 0 aliphatic carbocycles. The van der Waals surface area contributed by atoms with Crippen molar-refractivity contribution in [3.05, 3.63) is 49.1 Å². The van der Waals surface area contributed by atoms with E-state index in [4.69, 9.17) is 0 Å². The molecule has 3 nitrogen and oxygen atoms in total. The zero-order chi connectivity index (χ0) is 12.5. The summed E-state index contributed by atoms with van der Waals surface area (Å²) >= 11 is 0.